The zero-order valence-electron chi connectivity index (χ0n) is 12.6. The number of rotatable bonds is 5. The highest BCUT2D eigenvalue weighted by atomic mass is 16.5. The molecule has 21 heavy (non-hydrogen) atoms. The number of ether oxygens (including phenoxy) is 2. The van der Waals surface area contributed by atoms with Crippen molar-refractivity contribution in [1.82, 2.24) is 0 Å². The number of esters is 1. The maximum atomic E-state index is 11.9. The smallest absolute Gasteiger partial charge is 0.315 e. The summed E-state index contributed by atoms with van der Waals surface area (Å²) in [6.45, 7) is 4.26. The Morgan fingerprint density at radius 2 is 1.52 bits per heavy atom. The van der Waals surface area contributed by atoms with E-state index in [0.29, 0.717) is 11.7 Å². The average Bonchev–Trinajstić information content (AvgIpc) is 2.48. The fourth-order valence-corrected chi connectivity index (χ4v) is 2.00. The maximum Gasteiger partial charge on any atom is 0.315 e. The zero-order valence-corrected chi connectivity index (χ0v) is 12.6. The highest BCUT2D eigenvalue weighted by molar-refractivity contribution is 5.75. The molecule has 0 fully saturated rings. The molecule has 0 aliphatic heterocycles. The molecule has 0 N–H and O–H groups in total. The van der Waals surface area contributed by atoms with E-state index in [9.17, 15) is 4.79 Å². The molecule has 0 saturated carbocycles. The Balaban J connectivity index is 1.94. The van der Waals surface area contributed by atoms with Crippen LogP contribution in [0.3, 0.4) is 0 Å². The Morgan fingerprint density at radius 3 is 2.05 bits per heavy atom. The van der Waals surface area contributed by atoms with Gasteiger partial charge in [-0.3, -0.25) is 4.79 Å². The van der Waals surface area contributed by atoms with Gasteiger partial charge in [-0.15, -0.1) is 0 Å². The van der Waals surface area contributed by atoms with E-state index < -0.39 is 0 Å². The van der Waals surface area contributed by atoms with Crippen LogP contribution >= 0.6 is 0 Å². The van der Waals surface area contributed by atoms with Gasteiger partial charge >= 0.3 is 5.97 Å². The third-order valence-electron chi connectivity index (χ3n) is 3.29. The van der Waals surface area contributed by atoms with E-state index in [4.69, 9.17) is 9.47 Å². The molecule has 0 atom stereocenters. The highest BCUT2D eigenvalue weighted by Gasteiger charge is 2.07. The van der Waals surface area contributed by atoms with Gasteiger partial charge in [0, 0.05) is 0 Å². The summed E-state index contributed by atoms with van der Waals surface area (Å²) >= 11 is 0. The van der Waals surface area contributed by atoms with Crippen molar-refractivity contribution in [3.63, 3.8) is 0 Å². The normalized spacial score (nSPS) is 10.5. The fourth-order valence-electron chi connectivity index (χ4n) is 2.00. The van der Waals surface area contributed by atoms with Gasteiger partial charge in [-0.1, -0.05) is 38.1 Å². The third kappa shape index (κ3) is 4.35. The molecule has 0 aliphatic carbocycles. The van der Waals surface area contributed by atoms with Crippen LogP contribution < -0.4 is 9.47 Å². The predicted octanol–water partition coefficient (Wildman–Crippen LogP) is 3.97. The van der Waals surface area contributed by atoms with Crippen LogP contribution in [0.15, 0.2) is 48.5 Å². The van der Waals surface area contributed by atoms with Gasteiger partial charge < -0.3 is 9.47 Å². The lowest BCUT2D eigenvalue weighted by atomic mass is 10.0. The van der Waals surface area contributed by atoms with Gasteiger partial charge in [-0.25, -0.2) is 0 Å². The van der Waals surface area contributed by atoms with Crippen LogP contribution in [0.2, 0.25) is 0 Å². The molecule has 2 rings (SSSR count). The first-order chi connectivity index (χ1) is 10.1. The van der Waals surface area contributed by atoms with Crippen LogP contribution in [-0.2, 0) is 11.2 Å². The highest BCUT2D eigenvalue weighted by Crippen LogP contribution is 2.19. The van der Waals surface area contributed by atoms with Crippen molar-refractivity contribution >= 4 is 5.97 Å². The summed E-state index contributed by atoms with van der Waals surface area (Å²) in [6.07, 6.45) is 0.246. The van der Waals surface area contributed by atoms with E-state index in [1.54, 1.807) is 7.11 Å². The molecule has 0 unspecified atom stereocenters. The SMILES string of the molecule is COc1ccc(CC(=O)Oc2ccc(C(C)C)cc2)cc1. The number of carbonyl (C=O) groups is 1. The summed E-state index contributed by atoms with van der Waals surface area (Å²) in [5.41, 5.74) is 2.13. The van der Waals surface area contributed by atoms with Crippen molar-refractivity contribution in [2.24, 2.45) is 0 Å². The Labute approximate surface area is 125 Å². The molecule has 0 saturated heterocycles. The lowest BCUT2D eigenvalue weighted by Crippen LogP contribution is -2.11. The number of methoxy groups -OCH3 is 1. The lowest BCUT2D eigenvalue weighted by molar-refractivity contribution is -0.133. The minimum absolute atomic E-state index is 0.246. The minimum atomic E-state index is -0.266. The Morgan fingerprint density at radius 1 is 0.952 bits per heavy atom. The van der Waals surface area contributed by atoms with Gasteiger partial charge in [0.2, 0.25) is 0 Å². The zero-order chi connectivity index (χ0) is 15.2. The summed E-state index contributed by atoms with van der Waals surface area (Å²) in [6, 6.07) is 15.0. The van der Waals surface area contributed by atoms with Gasteiger partial charge in [-0.05, 0) is 41.3 Å². The predicted molar refractivity (Wildman–Crippen MR) is 82.9 cm³/mol. The average molecular weight is 284 g/mol. The Hall–Kier alpha value is -2.29. The molecule has 0 aromatic heterocycles. The van der Waals surface area contributed by atoms with E-state index in [0.717, 1.165) is 11.3 Å². The van der Waals surface area contributed by atoms with E-state index in [-0.39, 0.29) is 12.4 Å². The Kier molecular flexibility index (Phi) is 4.99. The largest absolute Gasteiger partial charge is 0.497 e. The number of hydrogen-bond donors (Lipinski definition) is 0. The minimum Gasteiger partial charge on any atom is -0.497 e. The lowest BCUT2D eigenvalue weighted by Gasteiger charge is -2.08. The van der Waals surface area contributed by atoms with Crippen LogP contribution in [0.4, 0.5) is 0 Å². The van der Waals surface area contributed by atoms with Crippen LogP contribution in [-0.4, -0.2) is 13.1 Å². The van der Waals surface area contributed by atoms with Crippen molar-refractivity contribution in [2.45, 2.75) is 26.2 Å². The van der Waals surface area contributed by atoms with Crippen molar-refractivity contribution in [3.8, 4) is 11.5 Å². The quantitative estimate of drug-likeness (QED) is 0.615. The Bertz CT molecular complexity index is 583. The van der Waals surface area contributed by atoms with Crippen molar-refractivity contribution in [2.75, 3.05) is 7.11 Å². The first kappa shape index (κ1) is 15.1. The first-order valence-electron chi connectivity index (χ1n) is 7.02. The van der Waals surface area contributed by atoms with E-state index in [2.05, 4.69) is 13.8 Å². The van der Waals surface area contributed by atoms with Crippen LogP contribution in [0, 0.1) is 0 Å². The molecule has 2 aromatic carbocycles. The molecule has 0 aliphatic rings. The third-order valence-corrected chi connectivity index (χ3v) is 3.29. The molecule has 110 valence electrons. The van der Waals surface area contributed by atoms with Crippen molar-refractivity contribution < 1.29 is 14.3 Å². The number of hydrogen-bond acceptors (Lipinski definition) is 3. The molecule has 2 aromatic rings. The molecule has 3 nitrogen and oxygen atoms in total. The summed E-state index contributed by atoms with van der Waals surface area (Å²) in [7, 11) is 1.62. The van der Waals surface area contributed by atoms with Gasteiger partial charge in [0.25, 0.3) is 0 Å². The summed E-state index contributed by atoms with van der Waals surface area (Å²) in [5.74, 6) is 1.56. The second kappa shape index (κ2) is 6.93. The molecule has 0 bridgehead atoms. The molecule has 3 heteroatoms. The first-order valence-corrected chi connectivity index (χ1v) is 7.02. The van der Waals surface area contributed by atoms with E-state index in [1.165, 1.54) is 5.56 Å². The van der Waals surface area contributed by atoms with Crippen molar-refractivity contribution in [1.29, 1.82) is 0 Å². The topological polar surface area (TPSA) is 35.5 Å². The van der Waals surface area contributed by atoms with Crippen molar-refractivity contribution in [3.05, 3.63) is 59.7 Å². The molecule has 0 amide bonds. The molecule has 0 heterocycles. The van der Waals surface area contributed by atoms with E-state index in [1.807, 2.05) is 48.5 Å². The molecular formula is C18H20O3. The summed E-state index contributed by atoms with van der Waals surface area (Å²) < 4.78 is 10.4. The summed E-state index contributed by atoms with van der Waals surface area (Å²) in [4.78, 5) is 11.9. The molecule has 0 radical (unpaired) electrons. The number of carbonyl (C=O) groups excluding carboxylic acids is 1. The number of benzene rings is 2. The van der Waals surface area contributed by atoms with Crippen LogP contribution in [0.25, 0.3) is 0 Å². The fraction of sp³-hybridized carbons (Fsp3) is 0.278. The summed E-state index contributed by atoms with van der Waals surface area (Å²) in [5, 5.41) is 0. The van der Waals surface area contributed by atoms with Gasteiger partial charge in [0.05, 0.1) is 13.5 Å². The maximum absolute atomic E-state index is 11.9. The van der Waals surface area contributed by atoms with Gasteiger partial charge in [0.15, 0.2) is 0 Å². The molecule has 0 spiro atoms. The van der Waals surface area contributed by atoms with Crippen LogP contribution in [0.5, 0.6) is 11.5 Å². The molecular weight excluding hydrogens is 264 g/mol. The standard InChI is InChI=1S/C18H20O3/c1-13(2)15-6-10-17(11-7-15)21-18(19)12-14-4-8-16(20-3)9-5-14/h4-11,13H,12H2,1-3H3. The van der Waals surface area contributed by atoms with Gasteiger partial charge in [0.1, 0.15) is 11.5 Å². The second-order valence-corrected chi connectivity index (χ2v) is 5.22. The van der Waals surface area contributed by atoms with E-state index >= 15 is 0 Å². The monoisotopic (exact) mass is 284 g/mol. The second-order valence-electron chi connectivity index (χ2n) is 5.22. The van der Waals surface area contributed by atoms with Gasteiger partial charge in [-0.2, -0.15) is 0 Å². The van der Waals surface area contributed by atoms with Crippen LogP contribution in [0.1, 0.15) is 30.9 Å².